The van der Waals surface area contributed by atoms with Crippen molar-refractivity contribution >= 4 is 23.6 Å². The molecule has 2 aromatic carbocycles. The van der Waals surface area contributed by atoms with Gasteiger partial charge in [0.15, 0.2) is 17.9 Å². The number of nitro groups is 1. The zero-order valence-corrected chi connectivity index (χ0v) is 10.9. The lowest BCUT2D eigenvalue weighted by atomic mass is 10.2. The fraction of sp³-hybridized carbons (Fsp3) is 0. The maximum Gasteiger partial charge on any atom is 0.307 e. The van der Waals surface area contributed by atoms with Gasteiger partial charge in [0.2, 0.25) is 5.82 Å². The number of nitrogens with zero attached hydrogens (tertiary/aromatic N) is 1. The Morgan fingerprint density at radius 3 is 2.48 bits per heavy atom. The number of hydrogen-bond acceptors (Lipinski definition) is 4. The second-order valence-corrected chi connectivity index (χ2v) is 4.33. The van der Waals surface area contributed by atoms with Crippen LogP contribution in [-0.4, -0.2) is 11.2 Å². The van der Waals surface area contributed by atoms with Crippen LogP contribution in [0.4, 0.5) is 14.5 Å². The second-order valence-electron chi connectivity index (χ2n) is 3.89. The molecule has 21 heavy (non-hydrogen) atoms. The van der Waals surface area contributed by atoms with Crippen molar-refractivity contribution < 1.29 is 23.2 Å². The van der Waals surface area contributed by atoms with Gasteiger partial charge < -0.3 is 4.74 Å². The quantitative estimate of drug-likeness (QED) is 0.483. The van der Waals surface area contributed by atoms with E-state index in [-0.39, 0.29) is 16.3 Å². The molecule has 0 spiro atoms. The van der Waals surface area contributed by atoms with Crippen molar-refractivity contribution in [3.8, 4) is 11.5 Å². The minimum atomic E-state index is -1.25. The van der Waals surface area contributed by atoms with Crippen LogP contribution in [0, 0.1) is 21.7 Å². The summed E-state index contributed by atoms with van der Waals surface area (Å²) in [7, 11) is 0. The average Bonchev–Trinajstić information content (AvgIpc) is 2.43. The molecule has 2 aromatic rings. The van der Waals surface area contributed by atoms with E-state index in [9.17, 15) is 23.7 Å². The first-order valence-electron chi connectivity index (χ1n) is 5.48. The SMILES string of the molecule is O=Cc1cc(Cl)ccc1Oc1cc(F)c([N+](=O)[O-])cc1F. The van der Waals surface area contributed by atoms with Gasteiger partial charge in [0, 0.05) is 11.1 Å². The van der Waals surface area contributed by atoms with Crippen LogP contribution < -0.4 is 4.74 Å². The van der Waals surface area contributed by atoms with Crippen LogP contribution in [0.5, 0.6) is 11.5 Å². The van der Waals surface area contributed by atoms with Crippen LogP contribution in [-0.2, 0) is 0 Å². The summed E-state index contributed by atoms with van der Waals surface area (Å²) >= 11 is 5.69. The van der Waals surface area contributed by atoms with E-state index in [4.69, 9.17) is 16.3 Å². The van der Waals surface area contributed by atoms with Crippen molar-refractivity contribution in [1.82, 2.24) is 0 Å². The van der Waals surface area contributed by atoms with Gasteiger partial charge in [0.25, 0.3) is 0 Å². The molecular weight excluding hydrogens is 308 g/mol. The molecule has 0 aromatic heterocycles. The molecule has 0 saturated carbocycles. The van der Waals surface area contributed by atoms with Crippen molar-refractivity contribution in [1.29, 1.82) is 0 Å². The van der Waals surface area contributed by atoms with E-state index < -0.39 is 28.0 Å². The standard InChI is InChI=1S/C13H6ClF2NO4/c14-8-1-2-12(7(3-8)6-18)21-13-5-9(15)11(17(19)20)4-10(13)16/h1-6H. The fourth-order valence-corrected chi connectivity index (χ4v) is 1.74. The van der Waals surface area contributed by atoms with Gasteiger partial charge in [-0.25, -0.2) is 4.39 Å². The highest BCUT2D eigenvalue weighted by molar-refractivity contribution is 6.30. The van der Waals surface area contributed by atoms with Crippen LogP contribution in [0.25, 0.3) is 0 Å². The highest BCUT2D eigenvalue weighted by atomic mass is 35.5. The van der Waals surface area contributed by atoms with Gasteiger partial charge in [0.05, 0.1) is 16.6 Å². The molecule has 0 atom stereocenters. The first-order valence-corrected chi connectivity index (χ1v) is 5.86. The number of ether oxygens (including phenoxy) is 1. The van der Waals surface area contributed by atoms with Crippen molar-refractivity contribution in [3.63, 3.8) is 0 Å². The molecule has 0 heterocycles. The number of rotatable bonds is 4. The monoisotopic (exact) mass is 313 g/mol. The number of carbonyl (C=O) groups is 1. The molecule has 0 aliphatic heterocycles. The summed E-state index contributed by atoms with van der Waals surface area (Å²) in [5.41, 5.74) is -0.979. The molecule has 0 amide bonds. The Morgan fingerprint density at radius 2 is 1.86 bits per heavy atom. The number of aldehydes is 1. The number of nitro benzene ring substituents is 1. The highest BCUT2D eigenvalue weighted by Crippen LogP contribution is 2.32. The minimum Gasteiger partial charge on any atom is -0.453 e. The first-order chi connectivity index (χ1) is 9.92. The van der Waals surface area contributed by atoms with E-state index in [0.29, 0.717) is 18.4 Å². The smallest absolute Gasteiger partial charge is 0.307 e. The summed E-state index contributed by atoms with van der Waals surface area (Å²) in [6, 6.07) is 4.91. The second kappa shape index (κ2) is 5.84. The van der Waals surface area contributed by atoms with E-state index in [1.54, 1.807) is 0 Å². The van der Waals surface area contributed by atoms with Crippen molar-refractivity contribution in [2.24, 2.45) is 0 Å². The Hall–Kier alpha value is -2.54. The normalized spacial score (nSPS) is 10.2. The molecule has 2 rings (SSSR count). The molecule has 0 saturated heterocycles. The largest absolute Gasteiger partial charge is 0.453 e. The lowest BCUT2D eigenvalue weighted by Crippen LogP contribution is -1.98. The third-order valence-electron chi connectivity index (χ3n) is 2.52. The van der Waals surface area contributed by atoms with E-state index in [2.05, 4.69) is 0 Å². The zero-order valence-electron chi connectivity index (χ0n) is 10.2. The fourth-order valence-electron chi connectivity index (χ4n) is 1.56. The summed E-state index contributed by atoms with van der Waals surface area (Å²) in [4.78, 5) is 20.3. The van der Waals surface area contributed by atoms with E-state index in [1.807, 2.05) is 0 Å². The number of halogens is 3. The molecule has 0 aliphatic rings. The molecule has 0 bridgehead atoms. The minimum absolute atomic E-state index is 0.0284. The maximum atomic E-state index is 13.7. The maximum absolute atomic E-state index is 13.7. The highest BCUT2D eigenvalue weighted by Gasteiger charge is 2.20. The average molecular weight is 314 g/mol. The van der Waals surface area contributed by atoms with Crippen molar-refractivity contribution in [2.45, 2.75) is 0 Å². The van der Waals surface area contributed by atoms with Gasteiger partial charge in [-0.3, -0.25) is 14.9 Å². The molecule has 8 heteroatoms. The molecule has 0 fully saturated rings. The van der Waals surface area contributed by atoms with Crippen LogP contribution in [0.2, 0.25) is 5.02 Å². The predicted molar refractivity (Wildman–Crippen MR) is 69.9 cm³/mol. The van der Waals surface area contributed by atoms with E-state index in [0.717, 1.165) is 0 Å². The van der Waals surface area contributed by atoms with Gasteiger partial charge in [0.1, 0.15) is 5.75 Å². The summed E-state index contributed by atoms with van der Waals surface area (Å²) in [6.07, 6.45) is 0.431. The molecule has 5 nitrogen and oxygen atoms in total. The Morgan fingerprint density at radius 1 is 1.14 bits per heavy atom. The van der Waals surface area contributed by atoms with Gasteiger partial charge in [-0.15, -0.1) is 0 Å². The number of hydrogen-bond donors (Lipinski definition) is 0. The molecule has 0 radical (unpaired) electrons. The lowest BCUT2D eigenvalue weighted by molar-refractivity contribution is -0.387. The first kappa shape index (κ1) is 14.9. The summed E-state index contributed by atoms with van der Waals surface area (Å²) in [6.45, 7) is 0. The van der Waals surface area contributed by atoms with E-state index >= 15 is 0 Å². The van der Waals surface area contributed by atoms with E-state index in [1.165, 1.54) is 18.2 Å². The zero-order chi connectivity index (χ0) is 15.6. The molecular formula is C13H6ClF2NO4. The Bertz CT molecular complexity index is 736. The molecule has 108 valence electrons. The number of carbonyl (C=O) groups excluding carboxylic acids is 1. The summed E-state index contributed by atoms with van der Waals surface area (Å²) < 4.78 is 32.2. The molecule has 0 N–H and O–H groups in total. The van der Waals surface area contributed by atoms with Crippen LogP contribution in [0.1, 0.15) is 10.4 Å². The van der Waals surface area contributed by atoms with Gasteiger partial charge >= 0.3 is 5.69 Å². The third kappa shape index (κ3) is 3.14. The van der Waals surface area contributed by atoms with Gasteiger partial charge in [-0.2, -0.15) is 4.39 Å². The lowest BCUT2D eigenvalue weighted by Gasteiger charge is -2.09. The van der Waals surface area contributed by atoms with Crippen LogP contribution in [0.15, 0.2) is 30.3 Å². The Kier molecular flexibility index (Phi) is 4.13. The number of benzene rings is 2. The molecule has 0 aliphatic carbocycles. The molecule has 0 unspecified atom stereocenters. The third-order valence-corrected chi connectivity index (χ3v) is 2.75. The van der Waals surface area contributed by atoms with Gasteiger partial charge in [-0.1, -0.05) is 11.6 Å². The van der Waals surface area contributed by atoms with Crippen molar-refractivity contribution in [3.05, 3.63) is 62.7 Å². The topological polar surface area (TPSA) is 69.4 Å². The predicted octanol–water partition coefficient (Wildman–Crippen LogP) is 4.13. The van der Waals surface area contributed by atoms with Crippen LogP contribution in [0.3, 0.4) is 0 Å². The Balaban J connectivity index is 2.43. The van der Waals surface area contributed by atoms with Crippen LogP contribution >= 0.6 is 11.6 Å². The summed E-state index contributed by atoms with van der Waals surface area (Å²) in [5, 5.41) is 10.7. The van der Waals surface area contributed by atoms with Crippen molar-refractivity contribution in [2.75, 3.05) is 0 Å². The Labute approximate surface area is 121 Å². The van der Waals surface area contributed by atoms with Gasteiger partial charge in [-0.05, 0) is 18.2 Å². The summed E-state index contributed by atoms with van der Waals surface area (Å²) in [5.74, 6) is -3.02.